The number of nitrogens with one attached hydrogen (secondary N) is 1. The molecular formula is C24H28ClNNaO4S. The Bertz CT molecular complexity index is 1040. The van der Waals surface area contributed by atoms with Crippen molar-refractivity contribution in [3.05, 3.63) is 76.8 Å². The summed E-state index contributed by atoms with van der Waals surface area (Å²) < 4.78 is 28.0. The maximum absolute atomic E-state index is 12.6. The van der Waals surface area contributed by atoms with E-state index in [1.807, 2.05) is 18.2 Å². The van der Waals surface area contributed by atoms with Gasteiger partial charge in [0.15, 0.2) is 0 Å². The van der Waals surface area contributed by atoms with Crippen LogP contribution in [0.3, 0.4) is 0 Å². The van der Waals surface area contributed by atoms with Gasteiger partial charge in [0, 0.05) is 53.0 Å². The van der Waals surface area contributed by atoms with Crippen LogP contribution in [0.2, 0.25) is 5.02 Å². The number of benzene rings is 2. The minimum atomic E-state index is -3.60. The molecule has 0 saturated heterocycles. The third-order valence-electron chi connectivity index (χ3n) is 5.92. The number of rotatable bonds is 11. The van der Waals surface area contributed by atoms with Crippen LogP contribution in [0.5, 0.6) is 0 Å². The number of sulfonamides is 1. The average Bonchev–Trinajstić information content (AvgIpc) is 3.10. The zero-order valence-corrected chi connectivity index (χ0v) is 22.0. The Labute approximate surface area is 217 Å². The standard InChI is InChI=1S/C24H28ClNO4S.Na/c25-20-10-12-21(13-11-20)31(29,30)26-18-17-24(15-6-2-1-3-9-23(27)28)16-14-19-7-4-5-8-22(19)24;/h2,4-8,10-13,26H,1,3,9,14-18H2,(H,27,28);. The fourth-order valence-electron chi connectivity index (χ4n) is 4.26. The van der Waals surface area contributed by atoms with E-state index in [0.29, 0.717) is 24.4 Å². The van der Waals surface area contributed by atoms with Crippen molar-refractivity contribution in [3.8, 4) is 0 Å². The first-order valence-electron chi connectivity index (χ1n) is 10.5. The van der Waals surface area contributed by atoms with Crippen LogP contribution in [0.25, 0.3) is 0 Å². The van der Waals surface area contributed by atoms with E-state index in [0.717, 1.165) is 25.7 Å². The number of aryl methyl sites for hydroxylation is 1. The molecule has 1 radical (unpaired) electrons. The molecule has 0 bridgehead atoms. The number of carbonyl (C=O) groups is 1. The molecule has 0 saturated carbocycles. The van der Waals surface area contributed by atoms with Gasteiger partial charge in [-0.05, 0) is 73.9 Å². The number of hydrogen-bond acceptors (Lipinski definition) is 3. The van der Waals surface area contributed by atoms with Crippen LogP contribution >= 0.6 is 11.6 Å². The molecule has 0 aliphatic heterocycles. The fraction of sp³-hybridized carbons (Fsp3) is 0.375. The second-order valence-corrected chi connectivity index (χ2v) is 10.2. The summed E-state index contributed by atoms with van der Waals surface area (Å²) in [5, 5.41) is 9.26. The van der Waals surface area contributed by atoms with E-state index in [1.165, 1.54) is 23.3 Å². The van der Waals surface area contributed by atoms with Gasteiger partial charge in [-0.1, -0.05) is 48.0 Å². The van der Waals surface area contributed by atoms with E-state index in [9.17, 15) is 13.2 Å². The smallest absolute Gasteiger partial charge is 0.303 e. The Balaban J connectivity index is 0.00000363. The minimum Gasteiger partial charge on any atom is -0.481 e. The Morgan fingerprint density at radius 3 is 2.56 bits per heavy atom. The second-order valence-electron chi connectivity index (χ2n) is 8.00. The molecule has 167 valence electrons. The number of hydrogen-bond donors (Lipinski definition) is 2. The molecule has 0 heterocycles. The molecule has 0 spiro atoms. The molecule has 2 aromatic carbocycles. The number of unbranched alkanes of at least 4 members (excludes halogenated alkanes) is 1. The van der Waals surface area contributed by atoms with Gasteiger partial charge in [-0.3, -0.25) is 4.79 Å². The maximum Gasteiger partial charge on any atom is 0.303 e. The van der Waals surface area contributed by atoms with E-state index in [2.05, 4.69) is 22.9 Å². The molecule has 0 fully saturated rings. The molecule has 32 heavy (non-hydrogen) atoms. The fourth-order valence-corrected chi connectivity index (χ4v) is 5.42. The molecule has 2 N–H and O–H groups in total. The van der Waals surface area contributed by atoms with Crippen LogP contribution in [0, 0.1) is 0 Å². The molecule has 5 nitrogen and oxygen atoms in total. The van der Waals surface area contributed by atoms with Crippen molar-refractivity contribution in [3.63, 3.8) is 0 Å². The van der Waals surface area contributed by atoms with Gasteiger partial charge in [-0.2, -0.15) is 0 Å². The van der Waals surface area contributed by atoms with E-state index in [1.54, 1.807) is 12.1 Å². The predicted octanol–water partition coefficient (Wildman–Crippen LogP) is 4.71. The number of aliphatic carboxylic acids is 1. The summed E-state index contributed by atoms with van der Waals surface area (Å²) in [5.74, 6) is -0.775. The number of carboxylic acids is 1. The summed E-state index contributed by atoms with van der Waals surface area (Å²) in [4.78, 5) is 10.9. The first-order chi connectivity index (χ1) is 14.8. The van der Waals surface area contributed by atoms with Crippen molar-refractivity contribution >= 4 is 57.2 Å². The average molecular weight is 485 g/mol. The molecule has 1 aliphatic carbocycles. The van der Waals surface area contributed by atoms with Crippen molar-refractivity contribution in [2.75, 3.05) is 6.54 Å². The normalized spacial score (nSPS) is 17.8. The monoisotopic (exact) mass is 484 g/mol. The van der Waals surface area contributed by atoms with Crippen LogP contribution in [-0.4, -0.2) is 55.6 Å². The largest absolute Gasteiger partial charge is 0.481 e. The zero-order chi connectivity index (χ0) is 22.3. The number of allylic oxidation sites excluding steroid dienone is 2. The molecule has 3 rings (SSSR count). The topological polar surface area (TPSA) is 83.5 Å². The molecule has 1 unspecified atom stereocenters. The van der Waals surface area contributed by atoms with Gasteiger partial charge in [-0.25, -0.2) is 13.1 Å². The van der Waals surface area contributed by atoms with Gasteiger partial charge in [0.05, 0.1) is 4.90 Å². The van der Waals surface area contributed by atoms with Gasteiger partial charge >= 0.3 is 5.97 Å². The molecule has 1 aliphatic rings. The van der Waals surface area contributed by atoms with Gasteiger partial charge in [0.1, 0.15) is 0 Å². The third-order valence-corrected chi connectivity index (χ3v) is 7.65. The zero-order valence-electron chi connectivity index (χ0n) is 18.4. The second kappa shape index (κ2) is 12.4. The molecular weight excluding hydrogens is 457 g/mol. The number of carboxylic acid groups (broad SMARTS) is 1. The summed E-state index contributed by atoms with van der Waals surface area (Å²) in [5.41, 5.74) is 2.49. The van der Waals surface area contributed by atoms with Crippen LogP contribution in [0.4, 0.5) is 0 Å². The summed E-state index contributed by atoms with van der Waals surface area (Å²) in [6.45, 7) is 0.339. The van der Waals surface area contributed by atoms with Gasteiger partial charge < -0.3 is 5.11 Å². The van der Waals surface area contributed by atoms with Crippen molar-refractivity contribution < 1.29 is 18.3 Å². The summed E-state index contributed by atoms with van der Waals surface area (Å²) in [6, 6.07) is 14.5. The summed E-state index contributed by atoms with van der Waals surface area (Å²) in [6.07, 6.45) is 9.13. The van der Waals surface area contributed by atoms with Crippen LogP contribution in [0.15, 0.2) is 65.6 Å². The Kier molecular flexibility index (Phi) is 10.5. The molecule has 0 amide bonds. The number of fused-ring (bicyclic) bond motifs is 1. The Morgan fingerprint density at radius 1 is 1.12 bits per heavy atom. The van der Waals surface area contributed by atoms with Crippen LogP contribution in [-0.2, 0) is 26.7 Å². The van der Waals surface area contributed by atoms with Crippen LogP contribution < -0.4 is 4.72 Å². The minimum absolute atomic E-state index is 0. The van der Waals surface area contributed by atoms with Gasteiger partial charge in [0.2, 0.25) is 10.0 Å². The third kappa shape index (κ3) is 7.17. The van der Waals surface area contributed by atoms with E-state index in [4.69, 9.17) is 16.7 Å². The first kappa shape index (κ1) is 27.1. The molecule has 2 aromatic rings. The summed E-state index contributed by atoms with van der Waals surface area (Å²) >= 11 is 5.86. The van der Waals surface area contributed by atoms with Gasteiger partial charge in [0.25, 0.3) is 0 Å². The molecule has 8 heteroatoms. The number of halogens is 1. The SMILES string of the molecule is O=C(O)CCCC=CCC1(CCNS(=O)(=O)c2ccc(Cl)cc2)CCc2ccccc21.[Na]. The summed E-state index contributed by atoms with van der Waals surface area (Å²) in [7, 11) is -3.60. The Hall–Kier alpha value is -1.15. The maximum atomic E-state index is 12.6. The van der Waals surface area contributed by atoms with Crippen LogP contribution in [0.1, 0.15) is 49.7 Å². The first-order valence-corrected chi connectivity index (χ1v) is 12.4. The quantitative estimate of drug-likeness (QED) is 0.275. The predicted molar refractivity (Wildman–Crippen MR) is 129 cm³/mol. The van der Waals surface area contributed by atoms with Crippen molar-refractivity contribution in [2.45, 2.75) is 55.3 Å². The van der Waals surface area contributed by atoms with Crippen molar-refractivity contribution in [1.29, 1.82) is 0 Å². The van der Waals surface area contributed by atoms with E-state index in [-0.39, 0.29) is 46.3 Å². The van der Waals surface area contributed by atoms with Crippen molar-refractivity contribution in [2.24, 2.45) is 0 Å². The van der Waals surface area contributed by atoms with Gasteiger partial charge in [-0.15, -0.1) is 0 Å². The molecule has 1 atom stereocenters. The molecule has 0 aromatic heterocycles. The Morgan fingerprint density at radius 2 is 1.84 bits per heavy atom. The van der Waals surface area contributed by atoms with Crippen molar-refractivity contribution in [1.82, 2.24) is 4.72 Å². The van der Waals surface area contributed by atoms with E-state index >= 15 is 0 Å². The van der Waals surface area contributed by atoms with E-state index < -0.39 is 16.0 Å².